The third-order valence-corrected chi connectivity index (χ3v) is 4.59. The first-order valence-electron chi connectivity index (χ1n) is 9.39. The van der Waals surface area contributed by atoms with E-state index in [1.165, 1.54) is 6.20 Å². The van der Waals surface area contributed by atoms with Gasteiger partial charge in [-0.2, -0.15) is 0 Å². The lowest BCUT2D eigenvalue weighted by atomic mass is 10.0. The molecule has 4 rings (SSSR count). The first-order chi connectivity index (χ1) is 14.6. The van der Waals surface area contributed by atoms with Crippen molar-refractivity contribution in [3.05, 3.63) is 96.2 Å². The summed E-state index contributed by atoms with van der Waals surface area (Å²) in [5, 5.41) is 5.02. The lowest BCUT2D eigenvalue weighted by Gasteiger charge is -2.09. The Morgan fingerprint density at radius 2 is 1.73 bits per heavy atom. The Hall–Kier alpha value is -4.19. The van der Waals surface area contributed by atoms with Gasteiger partial charge >= 0.3 is 0 Å². The number of carbonyl (C=O) groups excluding carboxylic acids is 2. The number of nitrogens with zero attached hydrogens (tertiary/aromatic N) is 1. The highest BCUT2D eigenvalue weighted by molar-refractivity contribution is 5.96. The fourth-order valence-corrected chi connectivity index (χ4v) is 3.17. The summed E-state index contributed by atoms with van der Waals surface area (Å²) in [6.07, 6.45) is 1.79. The number of nitrogens with two attached hydrogens (primary N) is 1. The van der Waals surface area contributed by atoms with Crippen molar-refractivity contribution < 1.29 is 14.3 Å². The van der Waals surface area contributed by atoms with Crippen molar-refractivity contribution in [1.29, 1.82) is 0 Å². The van der Waals surface area contributed by atoms with Crippen molar-refractivity contribution in [2.45, 2.75) is 6.42 Å². The average Bonchev–Trinajstić information content (AvgIpc) is 2.75. The van der Waals surface area contributed by atoms with Crippen LogP contribution in [0.4, 0.5) is 5.69 Å². The van der Waals surface area contributed by atoms with E-state index in [2.05, 4.69) is 10.3 Å². The molecule has 30 heavy (non-hydrogen) atoms. The summed E-state index contributed by atoms with van der Waals surface area (Å²) in [6, 6.07) is 23.8. The molecule has 0 aliphatic carbocycles. The van der Waals surface area contributed by atoms with Gasteiger partial charge in [0.2, 0.25) is 17.7 Å². The van der Waals surface area contributed by atoms with Crippen LogP contribution >= 0.6 is 0 Å². The molecule has 3 aromatic carbocycles. The van der Waals surface area contributed by atoms with Crippen molar-refractivity contribution >= 4 is 28.3 Å². The predicted molar refractivity (Wildman–Crippen MR) is 116 cm³/mol. The highest BCUT2D eigenvalue weighted by Crippen LogP contribution is 2.22. The maximum absolute atomic E-state index is 12.5. The zero-order valence-electron chi connectivity index (χ0n) is 16.0. The minimum Gasteiger partial charge on any atom is -0.439 e. The SMILES string of the molecule is NC(=O)c1cccc(Oc2ccc(NC(=O)Cc3cccc4ccccc34)cn2)c1. The number of rotatable bonds is 6. The predicted octanol–water partition coefficient (Wildman–Crippen LogP) is 4.31. The van der Waals surface area contributed by atoms with Crippen LogP contribution in [0.2, 0.25) is 0 Å². The minimum absolute atomic E-state index is 0.129. The van der Waals surface area contributed by atoms with Crippen LogP contribution in [0.1, 0.15) is 15.9 Å². The third-order valence-electron chi connectivity index (χ3n) is 4.59. The number of pyridine rings is 1. The largest absolute Gasteiger partial charge is 0.439 e. The maximum Gasteiger partial charge on any atom is 0.248 e. The smallest absolute Gasteiger partial charge is 0.248 e. The van der Waals surface area contributed by atoms with E-state index < -0.39 is 5.91 Å². The Morgan fingerprint density at radius 3 is 2.53 bits per heavy atom. The first kappa shape index (κ1) is 19.1. The van der Waals surface area contributed by atoms with E-state index in [1.807, 2.05) is 42.5 Å². The standard InChI is InChI=1S/C24H19N3O3/c25-24(29)18-8-4-9-20(13-18)30-23-12-11-19(15-26-23)27-22(28)14-17-7-3-6-16-5-1-2-10-21(16)17/h1-13,15H,14H2,(H2,25,29)(H,27,28). The van der Waals surface area contributed by atoms with Gasteiger partial charge in [-0.1, -0.05) is 48.5 Å². The van der Waals surface area contributed by atoms with Crippen LogP contribution in [0, 0.1) is 0 Å². The van der Waals surface area contributed by atoms with Crippen molar-refractivity contribution in [3.63, 3.8) is 0 Å². The van der Waals surface area contributed by atoms with Gasteiger partial charge < -0.3 is 15.8 Å². The molecule has 0 saturated carbocycles. The molecule has 0 spiro atoms. The number of amides is 2. The van der Waals surface area contributed by atoms with Gasteiger partial charge in [-0.15, -0.1) is 0 Å². The summed E-state index contributed by atoms with van der Waals surface area (Å²) in [5.74, 6) is 0.129. The number of fused-ring (bicyclic) bond motifs is 1. The highest BCUT2D eigenvalue weighted by Gasteiger charge is 2.09. The number of carbonyl (C=O) groups is 2. The Bertz CT molecular complexity index is 1210. The monoisotopic (exact) mass is 397 g/mol. The highest BCUT2D eigenvalue weighted by atomic mass is 16.5. The van der Waals surface area contributed by atoms with Gasteiger partial charge in [0.15, 0.2) is 0 Å². The molecule has 0 aliphatic rings. The maximum atomic E-state index is 12.5. The van der Waals surface area contributed by atoms with E-state index in [4.69, 9.17) is 10.5 Å². The van der Waals surface area contributed by atoms with Crippen molar-refractivity contribution in [2.24, 2.45) is 5.73 Å². The lowest BCUT2D eigenvalue weighted by Crippen LogP contribution is -2.14. The van der Waals surface area contributed by atoms with Crippen LogP contribution in [0.3, 0.4) is 0 Å². The van der Waals surface area contributed by atoms with E-state index in [0.29, 0.717) is 22.9 Å². The molecule has 3 N–H and O–H groups in total. The molecule has 1 heterocycles. The number of anilines is 1. The Balaban J connectivity index is 1.41. The van der Waals surface area contributed by atoms with E-state index >= 15 is 0 Å². The van der Waals surface area contributed by atoms with Gasteiger partial charge in [0.25, 0.3) is 0 Å². The molecular formula is C24H19N3O3. The van der Waals surface area contributed by atoms with Crippen LogP contribution in [0.15, 0.2) is 85.1 Å². The van der Waals surface area contributed by atoms with Crippen LogP contribution in [-0.4, -0.2) is 16.8 Å². The summed E-state index contributed by atoms with van der Waals surface area (Å²) in [7, 11) is 0. The van der Waals surface area contributed by atoms with Crippen molar-refractivity contribution in [1.82, 2.24) is 4.98 Å². The summed E-state index contributed by atoms with van der Waals surface area (Å²) in [4.78, 5) is 28.0. The van der Waals surface area contributed by atoms with Gasteiger partial charge in [-0.05, 0) is 40.6 Å². The number of aromatic nitrogens is 1. The molecule has 0 fully saturated rings. The number of benzene rings is 3. The zero-order chi connectivity index (χ0) is 20.9. The number of primary amides is 1. The van der Waals surface area contributed by atoms with Crippen LogP contribution in [-0.2, 0) is 11.2 Å². The van der Waals surface area contributed by atoms with Gasteiger partial charge in [0.05, 0.1) is 18.3 Å². The number of ether oxygens (including phenoxy) is 1. The van der Waals surface area contributed by atoms with E-state index in [0.717, 1.165) is 16.3 Å². The van der Waals surface area contributed by atoms with Gasteiger partial charge in [-0.3, -0.25) is 9.59 Å². The number of nitrogens with one attached hydrogen (secondary N) is 1. The van der Waals surface area contributed by atoms with Crippen LogP contribution in [0.5, 0.6) is 11.6 Å². The molecule has 4 aromatic rings. The number of hydrogen-bond acceptors (Lipinski definition) is 4. The van der Waals surface area contributed by atoms with E-state index in [1.54, 1.807) is 36.4 Å². The lowest BCUT2D eigenvalue weighted by molar-refractivity contribution is -0.115. The fraction of sp³-hybridized carbons (Fsp3) is 0.0417. The minimum atomic E-state index is -0.530. The van der Waals surface area contributed by atoms with E-state index in [9.17, 15) is 9.59 Å². The molecule has 6 heteroatoms. The van der Waals surface area contributed by atoms with Crippen LogP contribution in [0.25, 0.3) is 10.8 Å². The summed E-state index contributed by atoms with van der Waals surface area (Å²) >= 11 is 0. The fourth-order valence-electron chi connectivity index (χ4n) is 3.17. The summed E-state index contributed by atoms with van der Waals surface area (Å²) in [5.41, 5.74) is 7.16. The molecule has 6 nitrogen and oxygen atoms in total. The molecule has 0 aliphatic heterocycles. The Morgan fingerprint density at radius 1 is 0.933 bits per heavy atom. The van der Waals surface area contributed by atoms with Crippen molar-refractivity contribution in [3.8, 4) is 11.6 Å². The third kappa shape index (κ3) is 4.44. The second-order valence-corrected chi connectivity index (χ2v) is 6.74. The molecule has 148 valence electrons. The molecule has 0 unspecified atom stereocenters. The molecule has 2 amide bonds. The normalized spacial score (nSPS) is 10.5. The molecular weight excluding hydrogens is 378 g/mol. The zero-order valence-corrected chi connectivity index (χ0v) is 16.0. The number of hydrogen-bond donors (Lipinski definition) is 2. The quantitative estimate of drug-likeness (QED) is 0.507. The Kier molecular flexibility index (Phi) is 5.39. The van der Waals surface area contributed by atoms with Gasteiger partial charge in [-0.25, -0.2) is 4.98 Å². The topological polar surface area (TPSA) is 94.3 Å². The molecule has 0 bridgehead atoms. The van der Waals surface area contributed by atoms with Crippen LogP contribution < -0.4 is 15.8 Å². The average molecular weight is 397 g/mol. The van der Waals surface area contributed by atoms with Gasteiger partial charge in [0, 0.05) is 11.6 Å². The molecule has 0 atom stereocenters. The molecule has 1 aromatic heterocycles. The first-order valence-corrected chi connectivity index (χ1v) is 9.39. The van der Waals surface area contributed by atoms with E-state index in [-0.39, 0.29) is 12.3 Å². The second kappa shape index (κ2) is 8.45. The summed E-state index contributed by atoms with van der Waals surface area (Å²) in [6.45, 7) is 0. The van der Waals surface area contributed by atoms with Gasteiger partial charge in [0.1, 0.15) is 5.75 Å². The molecule has 0 radical (unpaired) electrons. The second-order valence-electron chi connectivity index (χ2n) is 6.74. The Labute approximate surface area is 173 Å². The summed E-state index contributed by atoms with van der Waals surface area (Å²) < 4.78 is 5.64. The van der Waals surface area contributed by atoms with Crippen molar-refractivity contribution in [2.75, 3.05) is 5.32 Å². The molecule has 0 saturated heterocycles.